The van der Waals surface area contributed by atoms with Crippen LogP contribution >= 0.6 is 0 Å². The van der Waals surface area contributed by atoms with Gasteiger partial charge in [0.05, 0.1) is 19.3 Å². The Labute approximate surface area is 78.0 Å². The van der Waals surface area contributed by atoms with E-state index in [0.717, 1.165) is 11.9 Å². The molecule has 3 heteroatoms. The van der Waals surface area contributed by atoms with E-state index in [2.05, 4.69) is 6.58 Å². The number of hydrogen-bond acceptors (Lipinski definition) is 3. The van der Waals surface area contributed by atoms with Crippen molar-refractivity contribution in [3.05, 3.63) is 24.3 Å². The highest BCUT2D eigenvalue weighted by Gasteiger charge is 2.26. The Hall–Kier alpha value is -0.930. The Morgan fingerprint density at radius 3 is 3.08 bits per heavy atom. The van der Waals surface area contributed by atoms with Gasteiger partial charge in [-0.3, -0.25) is 4.79 Å². The first-order valence-corrected chi connectivity index (χ1v) is 4.19. The van der Waals surface area contributed by atoms with Crippen molar-refractivity contribution in [2.75, 3.05) is 20.3 Å². The van der Waals surface area contributed by atoms with Crippen LogP contribution in [0.25, 0.3) is 0 Å². The van der Waals surface area contributed by atoms with Gasteiger partial charge in [0.2, 0.25) is 0 Å². The summed E-state index contributed by atoms with van der Waals surface area (Å²) in [6.45, 7) is 4.98. The Kier molecular flexibility index (Phi) is 3.86. The van der Waals surface area contributed by atoms with Crippen molar-refractivity contribution in [2.24, 2.45) is 5.92 Å². The van der Waals surface area contributed by atoms with Gasteiger partial charge in [0.15, 0.2) is 0 Å². The molecule has 13 heavy (non-hydrogen) atoms. The topological polar surface area (TPSA) is 35.5 Å². The lowest BCUT2D eigenvalue weighted by Gasteiger charge is -2.30. The number of carbonyl (C=O) groups is 1. The number of carbonyl (C=O) groups excluding carboxylic acids is 1. The molecule has 0 aliphatic carbocycles. The quantitative estimate of drug-likeness (QED) is 0.370. The highest BCUT2D eigenvalue weighted by Crippen LogP contribution is 2.23. The summed E-state index contributed by atoms with van der Waals surface area (Å²) >= 11 is 0. The molecule has 2 atom stereocenters. The highest BCUT2D eigenvalue weighted by atomic mass is 16.5. The third-order valence-electron chi connectivity index (χ3n) is 2.14. The van der Waals surface area contributed by atoms with Crippen molar-refractivity contribution in [1.82, 2.24) is 0 Å². The molecule has 72 valence electrons. The lowest BCUT2D eigenvalue weighted by molar-refractivity contribution is -0.104. The molecule has 1 rings (SSSR count). The van der Waals surface area contributed by atoms with Crippen LogP contribution in [0.3, 0.4) is 0 Å². The first-order chi connectivity index (χ1) is 6.29. The summed E-state index contributed by atoms with van der Waals surface area (Å²) in [4.78, 5) is 10.2. The summed E-state index contributed by atoms with van der Waals surface area (Å²) < 4.78 is 10.5. The molecule has 0 N–H and O–H groups in total. The number of allylic oxidation sites excluding steroid dienone is 1. The van der Waals surface area contributed by atoms with Gasteiger partial charge in [0, 0.05) is 13.0 Å². The Bertz CT molecular complexity index is 220. The molecule has 1 saturated heterocycles. The molecular formula is C10H14O3. The second-order valence-electron chi connectivity index (χ2n) is 2.99. The number of aldehydes is 1. The van der Waals surface area contributed by atoms with Crippen LogP contribution in [-0.2, 0) is 14.3 Å². The second kappa shape index (κ2) is 4.94. The Morgan fingerprint density at radius 2 is 2.46 bits per heavy atom. The van der Waals surface area contributed by atoms with E-state index in [9.17, 15) is 4.79 Å². The fourth-order valence-electron chi connectivity index (χ4n) is 1.41. The predicted molar refractivity (Wildman–Crippen MR) is 49.5 cm³/mol. The molecule has 1 heterocycles. The average molecular weight is 182 g/mol. The molecule has 0 aromatic rings. The zero-order valence-electron chi connectivity index (χ0n) is 7.73. The van der Waals surface area contributed by atoms with Crippen LogP contribution in [0.5, 0.6) is 0 Å². The molecule has 0 saturated carbocycles. The molecule has 3 nitrogen and oxygen atoms in total. The Morgan fingerprint density at radius 1 is 1.69 bits per heavy atom. The van der Waals surface area contributed by atoms with E-state index in [4.69, 9.17) is 9.47 Å². The third kappa shape index (κ3) is 2.50. The van der Waals surface area contributed by atoms with Crippen molar-refractivity contribution in [1.29, 1.82) is 0 Å². The number of rotatable bonds is 3. The van der Waals surface area contributed by atoms with Crippen LogP contribution in [0.15, 0.2) is 24.3 Å². The first kappa shape index (κ1) is 10.2. The van der Waals surface area contributed by atoms with Gasteiger partial charge in [0.1, 0.15) is 6.29 Å². The van der Waals surface area contributed by atoms with Crippen LogP contribution in [0.2, 0.25) is 0 Å². The van der Waals surface area contributed by atoms with E-state index in [1.165, 1.54) is 6.08 Å². The molecule has 0 spiro atoms. The molecule has 1 fully saturated rings. The van der Waals surface area contributed by atoms with Gasteiger partial charge >= 0.3 is 0 Å². The summed E-state index contributed by atoms with van der Waals surface area (Å²) in [5.41, 5.74) is 0.955. The monoisotopic (exact) mass is 182 g/mol. The highest BCUT2D eigenvalue weighted by molar-refractivity contribution is 5.64. The lowest BCUT2D eigenvalue weighted by Crippen LogP contribution is -2.34. The zero-order valence-corrected chi connectivity index (χ0v) is 7.73. The van der Waals surface area contributed by atoms with Crippen molar-refractivity contribution in [3.8, 4) is 0 Å². The average Bonchev–Trinajstić information content (AvgIpc) is 2.15. The van der Waals surface area contributed by atoms with E-state index in [0.29, 0.717) is 13.2 Å². The molecule has 0 aromatic heterocycles. The van der Waals surface area contributed by atoms with Crippen molar-refractivity contribution >= 4 is 6.29 Å². The predicted octanol–water partition coefficient (Wildman–Crippen LogP) is 0.959. The lowest BCUT2D eigenvalue weighted by atomic mass is 9.92. The number of ether oxygens (including phenoxy) is 2. The molecule has 0 unspecified atom stereocenters. The van der Waals surface area contributed by atoms with Gasteiger partial charge in [-0.25, -0.2) is 0 Å². The van der Waals surface area contributed by atoms with E-state index in [1.54, 1.807) is 7.11 Å². The van der Waals surface area contributed by atoms with Gasteiger partial charge in [-0.05, 0) is 11.6 Å². The minimum absolute atomic E-state index is 0.0163. The SMILES string of the molecule is C=C1COC[C@@H](OC)[C@@H]1/C=C/C=O. The van der Waals surface area contributed by atoms with Gasteiger partial charge in [-0.1, -0.05) is 12.7 Å². The van der Waals surface area contributed by atoms with Gasteiger partial charge < -0.3 is 9.47 Å². The van der Waals surface area contributed by atoms with E-state index < -0.39 is 0 Å². The van der Waals surface area contributed by atoms with E-state index in [-0.39, 0.29) is 12.0 Å². The molecule has 0 radical (unpaired) electrons. The smallest absolute Gasteiger partial charge is 0.142 e. The maximum atomic E-state index is 10.2. The summed E-state index contributed by atoms with van der Waals surface area (Å²) in [5.74, 6) is 0.101. The van der Waals surface area contributed by atoms with Gasteiger partial charge in [-0.15, -0.1) is 0 Å². The molecular weight excluding hydrogens is 168 g/mol. The summed E-state index contributed by atoms with van der Waals surface area (Å²) in [6, 6.07) is 0. The van der Waals surface area contributed by atoms with Gasteiger partial charge in [0.25, 0.3) is 0 Å². The summed E-state index contributed by atoms with van der Waals surface area (Å²) in [7, 11) is 1.63. The molecule has 1 aliphatic heterocycles. The fraction of sp³-hybridized carbons (Fsp3) is 0.500. The molecule has 0 aromatic carbocycles. The third-order valence-corrected chi connectivity index (χ3v) is 2.14. The van der Waals surface area contributed by atoms with Crippen LogP contribution in [0.4, 0.5) is 0 Å². The minimum Gasteiger partial charge on any atom is -0.378 e. The van der Waals surface area contributed by atoms with Crippen LogP contribution in [0.1, 0.15) is 0 Å². The molecule has 1 aliphatic rings. The molecule has 0 amide bonds. The molecule has 0 bridgehead atoms. The maximum Gasteiger partial charge on any atom is 0.142 e. The van der Waals surface area contributed by atoms with Crippen molar-refractivity contribution < 1.29 is 14.3 Å². The van der Waals surface area contributed by atoms with Crippen LogP contribution in [-0.4, -0.2) is 32.7 Å². The van der Waals surface area contributed by atoms with E-state index in [1.807, 2.05) is 6.08 Å². The summed E-state index contributed by atoms with van der Waals surface area (Å²) in [6.07, 6.45) is 4.03. The normalized spacial score (nSPS) is 29.5. The maximum absolute atomic E-state index is 10.2. The van der Waals surface area contributed by atoms with Gasteiger partial charge in [-0.2, -0.15) is 0 Å². The van der Waals surface area contributed by atoms with Crippen LogP contribution in [0, 0.1) is 5.92 Å². The summed E-state index contributed by atoms with van der Waals surface area (Å²) in [5, 5.41) is 0. The van der Waals surface area contributed by atoms with E-state index >= 15 is 0 Å². The number of hydrogen-bond donors (Lipinski definition) is 0. The first-order valence-electron chi connectivity index (χ1n) is 4.19. The number of methoxy groups -OCH3 is 1. The largest absolute Gasteiger partial charge is 0.378 e. The zero-order chi connectivity index (χ0) is 9.68. The van der Waals surface area contributed by atoms with Crippen molar-refractivity contribution in [2.45, 2.75) is 6.10 Å². The second-order valence-corrected chi connectivity index (χ2v) is 2.99. The van der Waals surface area contributed by atoms with Crippen LogP contribution < -0.4 is 0 Å². The minimum atomic E-state index is -0.0163. The Balaban J connectivity index is 2.67. The standard InChI is InChI=1S/C10H14O3/c1-8-6-13-7-10(12-2)9(8)4-3-5-11/h3-5,9-10H,1,6-7H2,2H3/b4-3+/t9-,10-/m1/s1. The van der Waals surface area contributed by atoms with Crippen molar-refractivity contribution in [3.63, 3.8) is 0 Å². The fourth-order valence-corrected chi connectivity index (χ4v) is 1.41.